The number of benzene rings is 2. The van der Waals surface area contributed by atoms with Gasteiger partial charge >= 0.3 is 5.97 Å². The highest BCUT2D eigenvalue weighted by atomic mass is 19.1. The molecule has 2 aromatic carbocycles. The Morgan fingerprint density at radius 1 is 1.00 bits per heavy atom. The number of halogens is 2. The third kappa shape index (κ3) is 4.35. The van der Waals surface area contributed by atoms with E-state index in [4.69, 9.17) is 4.74 Å². The van der Waals surface area contributed by atoms with Crippen molar-refractivity contribution >= 4 is 22.7 Å². The third-order valence-corrected chi connectivity index (χ3v) is 6.08. The summed E-state index contributed by atoms with van der Waals surface area (Å²) in [5, 5.41) is 15.0. The van der Waals surface area contributed by atoms with Gasteiger partial charge in [-0.3, -0.25) is 0 Å². The summed E-state index contributed by atoms with van der Waals surface area (Å²) in [6, 6.07) is 12.5. The fourth-order valence-electron chi connectivity index (χ4n) is 4.40. The van der Waals surface area contributed by atoms with E-state index in [0.29, 0.717) is 29.9 Å². The second kappa shape index (κ2) is 9.07. The van der Waals surface area contributed by atoms with Crippen LogP contribution in [0.5, 0.6) is 0 Å². The molecule has 0 saturated carbocycles. The van der Waals surface area contributed by atoms with Gasteiger partial charge in [0, 0.05) is 24.8 Å². The zero-order valence-corrected chi connectivity index (χ0v) is 19.3. The Balaban J connectivity index is 1.73. The number of morpholine rings is 1. The molecule has 0 aliphatic carbocycles. The molecule has 1 aliphatic heterocycles. The number of hydrogen-bond donors (Lipinski definition) is 1. The van der Waals surface area contributed by atoms with E-state index in [2.05, 4.69) is 15.0 Å². The molecule has 0 amide bonds. The maximum absolute atomic E-state index is 14.0. The molecule has 1 aliphatic rings. The van der Waals surface area contributed by atoms with E-state index in [-0.39, 0.29) is 22.9 Å². The number of carbonyl (C=O) groups is 1. The topological polar surface area (TPSA) is 80.5 Å². The van der Waals surface area contributed by atoms with Crippen molar-refractivity contribution in [2.45, 2.75) is 19.8 Å². The number of hydrogen-bond acceptors (Lipinski definition) is 5. The fourth-order valence-corrected chi connectivity index (χ4v) is 4.40. The lowest BCUT2D eigenvalue weighted by Gasteiger charge is -2.29. The van der Waals surface area contributed by atoms with Crippen LogP contribution in [0.25, 0.3) is 27.8 Å². The number of ether oxygens (including phenoxy) is 1. The van der Waals surface area contributed by atoms with E-state index in [1.165, 1.54) is 10.7 Å². The standard InChI is InChI=1S/C26H24F2N4O3/c1-15(2)24-23-21(16-3-5-19(6-4-16)31-7-9-35-10-8-31)14-22(26(33)34)29-25(23)32(30-24)20-12-17(27)11-18(28)13-20/h3-6,11-15H,7-10H2,1-2H3,(H,33,34). The van der Waals surface area contributed by atoms with Crippen molar-refractivity contribution in [3.05, 3.63) is 71.6 Å². The van der Waals surface area contributed by atoms with Gasteiger partial charge in [-0.25, -0.2) is 23.2 Å². The van der Waals surface area contributed by atoms with Gasteiger partial charge in [-0.1, -0.05) is 26.0 Å². The molecule has 9 heteroatoms. The Kier molecular flexibility index (Phi) is 5.94. The minimum atomic E-state index is -1.21. The molecule has 180 valence electrons. The smallest absolute Gasteiger partial charge is 0.354 e. The average molecular weight is 478 g/mol. The molecular weight excluding hydrogens is 454 g/mol. The summed E-state index contributed by atoms with van der Waals surface area (Å²) in [7, 11) is 0. The lowest BCUT2D eigenvalue weighted by molar-refractivity contribution is 0.0691. The van der Waals surface area contributed by atoms with Crippen LogP contribution in [0.15, 0.2) is 48.5 Å². The number of pyridine rings is 1. The third-order valence-electron chi connectivity index (χ3n) is 6.08. The summed E-state index contributed by atoms with van der Waals surface area (Å²) in [6.45, 7) is 6.86. The van der Waals surface area contributed by atoms with E-state index < -0.39 is 17.6 Å². The maximum Gasteiger partial charge on any atom is 0.354 e. The molecule has 5 rings (SSSR count). The van der Waals surface area contributed by atoms with Crippen molar-refractivity contribution < 1.29 is 23.4 Å². The van der Waals surface area contributed by atoms with Crippen LogP contribution in [0.1, 0.15) is 35.9 Å². The number of fused-ring (bicyclic) bond motifs is 1. The monoisotopic (exact) mass is 478 g/mol. The molecule has 1 saturated heterocycles. The molecule has 2 aromatic heterocycles. The number of aromatic nitrogens is 3. The maximum atomic E-state index is 14.0. The molecule has 0 radical (unpaired) electrons. The molecule has 0 unspecified atom stereocenters. The number of rotatable bonds is 5. The average Bonchev–Trinajstić information content (AvgIpc) is 3.24. The molecule has 3 heterocycles. The predicted molar refractivity (Wildman–Crippen MR) is 128 cm³/mol. The highest BCUT2D eigenvalue weighted by Crippen LogP contribution is 2.36. The minimum absolute atomic E-state index is 0.0546. The van der Waals surface area contributed by atoms with E-state index in [1.54, 1.807) is 0 Å². The Bertz CT molecular complexity index is 1390. The number of carboxylic acid groups (broad SMARTS) is 1. The van der Waals surface area contributed by atoms with Crippen molar-refractivity contribution in [1.82, 2.24) is 14.8 Å². The predicted octanol–water partition coefficient (Wildman–Crippen LogP) is 5.02. The normalized spacial score (nSPS) is 14.1. The van der Waals surface area contributed by atoms with Crippen LogP contribution in [0, 0.1) is 11.6 Å². The van der Waals surface area contributed by atoms with Gasteiger partial charge in [0.1, 0.15) is 11.6 Å². The Labute approximate surface area is 200 Å². The quantitative estimate of drug-likeness (QED) is 0.434. The summed E-state index contributed by atoms with van der Waals surface area (Å²) < 4.78 is 34.8. The molecule has 35 heavy (non-hydrogen) atoms. The van der Waals surface area contributed by atoms with Gasteiger partial charge in [0.25, 0.3) is 0 Å². The SMILES string of the molecule is CC(C)c1nn(-c2cc(F)cc(F)c2)c2nc(C(=O)O)cc(-c3ccc(N4CCOCC4)cc3)c12. The molecule has 0 atom stereocenters. The molecule has 0 spiro atoms. The first kappa shape index (κ1) is 22.9. The molecule has 0 bridgehead atoms. The molecule has 4 aromatic rings. The Morgan fingerprint density at radius 3 is 2.26 bits per heavy atom. The molecule has 1 fully saturated rings. The first-order chi connectivity index (χ1) is 16.8. The zero-order valence-electron chi connectivity index (χ0n) is 19.3. The van der Waals surface area contributed by atoms with Crippen LogP contribution in [0.4, 0.5) is 14.5 Å². The van der Waals surface area contributed by atoms with Crippen LogP contribution < -0.4 is 4.90 Å². The number of nitrogens with zero attached hydrogens (tertiary/aromatic N) is 4. The van der Waals surface area contributed by atoms with Crippen LogP contribution in [0.2, 0.25) is 0 Å². The number of anilines is 1. The highest BCUT2D eigenvalue weighted by molar-refractivity contribution is 6.00. The van der Waals surface area contributed by atoms with E-state index in [9.17, 15) is 18.7 Å². The van der Waals surface area contributed by atoms with Gasteiger partial charge in [-0.15, -0.1) is 0 Å². The van der Waals surface area contributed by atoms with Gasteiger partial charge < -0.3 is 14.7 Å². The Hall–Kier alpha value is -3.85. The van der Waals surface area contributed by atoms with Crippen LogP contribution in [-0.2, 0) is 4.74 Å². The first-order valence-electron chi connectivity index (χ1n) is 11.4. The fraction of sp³-hybridized carbons (Fsp3) is 0.269. The minimum Gasteiger partial charge on any atom is -0.477 e. The first-order valence-corrected chi connectivity index (χ1v) is 11.4. The molecule has 7 nitrogen and oxygen atoms in total. The van der Waals surface area contributed by atoms with E-state index in [0.717, 1.165) is 42.5 Å². The van der Waals surface area contributed by atoms with E-state index in [1.807, 2.05) is 38.1 Å². The second-order valence-electron chi connectivity index (χ2n) is 8.78. The lowest BCUT2D eigenvalue weighted by atomic mass is 9.97. The molecule has 1 N–H and O–H groups in total. The molecular formula is C26H24F2N4O3. The summed E-state index contributed by atoms with van der Waals surface area (Å²) in [6.07, 6.45) is 0. The highest BCUT2D eigenvalue weighted by Gasteiger charge is 2.23. The van der Waals surface area contributed by atoms with E-state index >= 15 is 0 Å². The largest absolute Gasteiger partial charge is 0.477 e. The van der Waals surface area contributed by atoms with Crippen LogP contribution in [-0.4, -0.2) is 52.1 Å². The van der Waals surface area contributed by atoms with Gasteiger partial charge in [0.05, 0.1) is 30.0 Å². The van der Waals surface area contributed by atoms with Crippen LogP contribution >= 0.6 is 0 Å². The van der Waals surface area contributed by atoms with Crippen LogP contribution in [0.3, 0.4) is 0 Å². The second-order valence-corrected chi connectivity index (χ2v) is 8.78. The summed E-state index contributed by atoms with van der Waals surface area (Å²) in [5.74, 6) is -2.78. The lowest BCUT2D eigenvalue weighted by Crippen LogP contribution is -2.36. The summed E-state index contributed by atoms with van der Waals surface area (Å²) in [4.78, 5) is 18.5. The summed E-state index contributed by atoms with van der Waals surface area (Å²) >= 11 is 0. The van der Waals surface area contributed by atoms with Gasteiger partial charge in [-0.2, -0.15) is 5.10 Å². The summed E-state index contributed by atoms with van der Waals surface area (Å²) in [5.41, 5.74) is 3.32. The van der Waals surface area contributed by atoms with Crippen molar-refractivity contribution in [3.63, 3.8) is 0 Å². The van der Waals surface area contributed by atoms with Crippen molar-refractivity contribution in [1.29, 1.82) is 0 Å². The zero-order chi connectivity index (χ0) is 24.7. The number of aromatic carboxylic acids is 1. The van der Waals surface area contributed by atoms with Crippen molar-refractivity contribution in [2.24, 2.45) is 0 Å². The van der Waals surface area contributed by atoms with Gasteiger partial charge in [-0.05, 0) is 47.4 Å². The number of carboxylic acids is 1. The van der Waals surface area contributed by atoms with Crippen molar-refractivity contribution in [2.75, 3.05) is 31.2 Å². The van der Waals surface area contributed by atoms with Gasteiger partial charge in [0.15, 0.2) is 11.3 Å². The van der Waals surface area contributed by atoms with Gasteiger partial charge in [0.2, 0.25) is 0 Å². The van der Waals surface area contributed by atoms with Crippen molar-refractivity contribution in [3.8, 4) is 16.8 Å². The Morgan fingerprint density at radius 2 is 1.66 bits per heavy atom.